The van der Waals surface area contributed by atoms with E-state index in [4.69, 9.17) is 16.3 Å². The van der Waals surface area contributed by atoms with Crippen LogP contribution in [0.3, 0.4) is 0 Å². The van der Waals surface area contributed by atoms with E-state index < -0.39 is 12.1 Å². The minimum Gasteiger partial charge on any atom is -0.453 e. The van der Waals surface area contributed by atoms with Crippen molar-refractivity contribution in [1.29, 1.82) is 0 Å². The lowest BCUT2D eigenvalue weighted by atomic mass is 9.89. The van der Waals surface area contributed by atoms with Crippen molar-refractivity contribution in [2.75, 3.05) is 6.54 Å². The van der Waals surface area contributed by atoms with Crippen LogP contribution >= 0.6 is 22.9 Å². The van der Waals surface area contributed by atoms with Gasteiger partial charge in [0.25, 0.3) is 5.91 Å². The van der Waals surface area contributed by atoms with Crippen LogP contribution in [0.25, 0.3) is 0 Å². The predicted octanol–water partition coefficient (Wildman–Crippen LogP) is 3.99. The molecule has 0 radical (unpaired) electrons. The molecule has 1 atom stereocenters. The van der Waals surface area contributed by atoms with Crippen molar-refractivity contribution in [3.8, 4) is 0 Å². The van der Waals surface area contributed by atoms with E-state index in [1.807, 2.05) is 0 Å². The Morgan fingerprint density at radius 1 is 1.24 bits per heavy atom. The molecule has 0 aromatic carbocycles. The van der Waals surface area contributed by atoms with Crippen molar-refractivity contribution in [2.45, 2.75) is 58.0 Å². The Bertz CT molecular complexity index is 610. The third-order valence-corrected chi connectivity index (χ3v) is 5.64. The van der Waals surface area contributed by atoms with E-state index >= 15 is 0 Å². The minimum atomic E-state index is -0.845. The molecule has 1 aromatic rings. The number of Topliss-reactive ketones (excluding diaryl/α,β-unsaturated/α-hetero) is 1. The molecule has 1 aromatic heterocycles. The quantitative estimate of drug-likeness (QED) is 0.542. The molecule has 1 amide bonds. The second kappa shape index (κ2) is 9.92. The molecule has 0 unspecified atom stereocenters. The van der Waals surface area contributed by atoms with Crippen molar-refractivity contribution in [3.63, 3.8) is 0 Å². The molecule has 0 spiro atoms. The third-order valence-electron chi connectivity index (χ3n) is 4.37. The fraction of sp³-hybridized carbons (Fsp3) is 0.611. The minimum absolute atomic E-state index is 0.0470. The zero-order valence-corrected chi connectivity index (χ0v) is 16.0. The second-order valence-corrected chi connectivity index (χ2v) is 8.12. The Balaban J connectivity index is 1.66. The van der Waals surface area contributed by atoms with Crippen molar-refractivity contribution in [1.82, 2.24) is 5.32 Å². The van der Waals surface area contributed by atoms with Crippen LogP contribution in [-0.2, 0) is 14.3 Å². The molecule has 1 fully saturated rings. The number of esters is 1. The molecule has 7 heteroatoms. The normalized spacial score (nSPS) is 16.2. The number of thiophene rings is 1. The Morgan fingerprint density at radius 3 is 2.60 bits per heavy atom. The largest absolute Gasteiger partial charge is 0.453 e. The molecule has 1 saturated carbocycles. The van der Waals surface area contributed by atoms with Gasteiger partial charge in [-0.25, -0.2) is 0 Å². The van der Waals surface area contributed by atoms with Gasteiger partial charge in [-0.3, -0.25) is 14.4 Å². The summed E-state index contributed by atoms with van der Waals surface area (Å²) in [5, 5.41) is 2.85. The summed E-state index contributed by atoms with van der Waals surface area (Å²) in [7, 11) is 0. The number of carbonyl (C=O) groups excluding carboxylic acids is 3. The van der Waals surface area contributed by atoms with Gasteiger partial charge in [0, 0.05) is 13.0 Å². The zero-order valence-electron chi connectivity index (χ0n) is 14.4. The van der Waals surface area contributed by atoms with Crippen molar-refractivity contribution < 1.29 is 19.1 Å². The number of ketones is 1. The fourth-order valence-electron chi connectivity index (χ4n) is 2.89. The van der Waals surface area contributed by atoms with E-state index in [2.05, 4.69) is 5.32 Å². The summed E-state index contributed by atoms with van der Waals surface area (Å²) >= 11 is 6.97. The van der Waals surface area contributed by atoms with Gasteiger partial charge in [0.05, 0.1) is 15.6 Å². The molecule has 0 saturated heterocycles. The molecule has 0 bridgehead atoms. The Kier molecular flexibility index (Phi) is 7.90. The highest BCUT2D eigenvalue weighted by atomic mass is 35.5. The Hall–Kier alpha value is -1.40. The molecule has 1 N–H and O–H groups in total. The van der Waals surface area contributed by atoms with Gasteiger partial charge in [-0.15, -0.1) is 11.3 Å². The van der Waals surface area contributed by atoms with Gasteiger partial charge in [-0.1, -0.05) is 30.9 Å². The summed E-state index contributed by atoms with van der Waals surface area (Å²) in [6.45, 7) is 2.19. The number of halogens is 1. The molecule has 1 aliphatic rings. The topological polar surface area (TPSA) is 72.5 Å². The smallest absolute Gasteiger partial charge is 0.307 e. The summed E-state index contributed by atoms with van der Waals surface area (Å²) in [4.78, 5) is 36.3. The van der Waals surface area contributed by atoms with Crippen LogP contribution in [0.15, 0.2) is 12.1 Å². The van der Waals surface area contributed by atoms with Crippen LogP contribution in [0, 0.1) is 5.92 Å². The molecule has 1 heterocycles. The number of rotatable bonds is 8. The van der Waals surface area contributed by atoms with Crippen molar-refractivity contribution >= 4 is 40.6 Å². The third kappa shape index (κ3) is 6.78. The molecular weight excluding hydrogens is 362 g/mol. The van der Waals surface area contributed by atoms with Gasteiger partial charge in [0.2, 0.25) is 0 Å². The predicted molar refractivity (Wildman–Crippen MR) is 98.0 cm³/mol. The number of hydrogen-bond donors (Lipinski definition) is 1. The average Bonchev–Trinajstić information content (AvgIpc) is 3.05. The van der Waals surface area contributed by atoms with Crippen LogP contribution in [-0.4, -0.2) is 30.3 Å². The van der Waals surface area contributed by atoms with Gasteiger partial charge in [0.15, 0.2) is 11.9 Å². The molecule has 5 nitrogen and oxygen atoms in total. The van der Waals surface area contributed by atoms with Gasteiger partial charge in [-0.05, 0) is 37.8 Å². The van der Waals surface area contributed by atoms with Crippen LogP contribution in [0.5, 0.6) is 0 Å². The maximum absolute atomic E-state index is 12.0. The van der Waals surface area contributed by atoms with Crippen LogP contribution in [0.4, 0.5) is 0 Å². The first-order chi connectivity index (χ1) is 12.0. The SMILES string of the molecule is C[C@@H](OC(=O)CCC(=O)c1ccc(Cl)s1)C(=O)NCC1CCCCC1. The van der Waals surface area contributed by atoms with Gasteiger partial charge in [0.1, 0.15) is 0 Å². The first kappa shape index (κ1) is 19.9. The maximum atomic E-state index is 12.0. The molecule has 138 valence electrons. The molecular formula is C18H24ClNO4S. The van der Waals surface area contributed by atoms with E-state index in [9.17, 15) is 14.4 Å². The number of carbonyl (C=O) groups is 3. The number of ether oxygens (including phenoxy) is 1. The van der Waals surface area contributed by atoms with Gasteiger partial charge >= 0.3 is 5.97 Å². The van der Waals surface area contributed by atoms with Crippen molar-refractivity contribution in [2.24, 2.45) is 5.92 Å². The van der Waals surface area contributed by atoms with Gasteiger partial charge < -0.3 is 10.1 Å². The first-order valence-corrected chi connectivity index (χ1v) is 9.91. The zero-order chi connectivity index (χ0) is 18.2. The number of amides is 1. The van der Waals surface area contributed by atoms with Crippen LogP contribution < -0.4 is 5.32 Å². The number of nitrogens with one attached hydrogen (secondary N) is 1. The standard InChI is InChI=1S/C18H24ClNO4S/c1-12(18(23)20-11-13-5-3-2-4-6-13)24-17(22)10-7-14(21)15-8-9-16(19)25-15/h8-9,12-13H,2-7,10-11H2,1H3,(H,20,23)/t12-/m1/s1. The summed E-state index contributed by atoms with van der Waals surface area (Å²) < 4.78 is 5.65. The number of hydrogen-bond acceptors (Lipinski definition) is 5. The highest BCUT2D eigenvalue weighted by molar-refractivity contribution is 7.18. The van der Waals surface area contributed by atoms with Crippen molar-refractivity contribution in [3.05, 3.63) is 21.3 Å². The molecule has 2 rings (SSSR count). The highest BCUT2D eigenvalue weighted by Gasteiger charge is 2.21. The lowest BCUT2D eigenvalue weighted by Crippen LogP contribution is -2.38. The molecule has 25 heavy (non-hydrogen) atoms. The summed E-state index contributed by atoms with van der Waals surface area (Å²) in [5.74, 6) is -0.453. The average molecular weight is 386 g/mol. The molecule has 0 aliphatic heterocycles. The summed E-state index contributed by atoms with van der Waals surface area (Å²) in [6, 6.07) is 3.29. The lowest BCUT2D eigenvalue weighted by molar-refractivity contribution is -0.154. The van der Waals surface area contributed by atoms with E-state index in [0.29, 0.717) is 21.7 Å². The Morgan fingerprint density at radius 2 is 1.96 bits per heavy atom. The summed E-state index contributed by atoms with van der Waals surface area (Å²) in [5.41, 5.74) is 0. The monoisotopic (exact) mass is 385 g/mol. The van der Waals surface area contributed by atoms with E-state index in [-0.39, 0.29) is 24.5 Å². The van der Waals surface area contributed by atoms with Crippen LogP contribution in [0.2, 0.25) is 4.34 Å². The lowest BCUT2D eigenvalue weighted by Gasteiger charge is -2.22. The molecule has 1 aliphatic carbocycles. The second-order valence-electron chi connectivity index (χ2n) is 6.41. The highest BCUT2D eigenvalue weighted by Crippen LogP contribution is 2.23. The fourth-order valence-corrected chi connectivity index (χ4v) is 3.90. The summed E-state index contributed by atoms with van der Waals surface area (Å²) in [6.07, 6.45) is 5.15. The van der Waals surface area contributed by atoms with E-state index in [0.717, 1.165) is 12.8 Å². The van der Waals surface area contributed by atoms with Gasteiger partial charge in [-0.2, -0.15) is 0 Å². The Labute approximate surface area is 157 Å². The van der Waals surface area contributed by atoms with Crippen LogP contribution in [0.1, 0.15) is 61.5 Å². The van der Waals surface area contributed by atoms with E-state index in [1.165, 1.54) is 30.6 Å². The first-order valence-electron chi connectivity index (χ1n) is 8.71. The van der Waals surface area contributed by atoms with E-state index in [1.54, 1.807) is 19.1 Å². The maximum Gasteiger partial charge on any atom is 0.307 e.